The van der Waals surface area contributed by atoms with Gasteiger partial charge < -0.3 is 4.74 Å². The Hall–Kier alpha value is -1.50. The number of benzene rings is 2. The number of fused-ring (bicyclic) bond motifs is 1. The number of hydrogen-bond acceptors (Lipinski definition) is 1. The van der Waals surface area contributed by atoms with Gasteiger partial charge in [0, 0.05) is 0 Å². The van der Waals surface area contributed by atoms with Crippen molar-refractivity contribution in [2.24, 2.45) is 0 Å². The van der Waals surface area contributed by atoms with Gasteiger partial charge in [-0.25, -0.2) is 0 Å². The maximum absolute atomic E-state index is 5.40. The highest BCUT2D eigenvalue weighted by molar-refractivity contribution is 5.92. The third-order valence-corrected chi connectivity index (χ3v) is 3.58. The molecule has 0 saturated carbocycles. The number of hydrogen-bond donors (Lipinski definition) is 0. The molecule has 0 radical (unpaired) electrons. The summed E-state index contributed by atoms with van der Waals surface area (Å²) in [4.78, 5) is 0. The zero-order valence-corrected chi connectivity index (χ0v) is 10.6. The molecule has 16 heavy (non-hydrogen) atoms. The van der Waals surface area contributed by atoms with Gasteiger partial charge in [-0.05, 0) is 66.8 Å². The average Bonchev–Trinajstić information content (AvgIpc) is 2.28. The van der Waals surface area contributed by atoms with Crippen molar-refractivity contribution in [2.75, 3.05) is 7.11 Å². The van der Waals surface area contributed by atoms with Crippen molar-refractivity contribution in [3.63, 3.8) is 0 Å². The van der Waals surface area contributed by atoms with Crippen molar-refractivity contribution in [1.29, 1.82) is 0 Å². The van der Waals surface area contributed by atoms with Crippen molar-refractivity contribution in [1.82, 2.24) is 0 Å². The van der Waals surface area contributed by atoms with E-state index in [9.17, 15) is 0 Å². The monoisotopic (exact) mass is 214 g/mol. The second-order valence-electron chi connectivity index (χ2n) is 4.43. The molecule has 2 rings (SSSR count). The molecule has 0 aliphatic rings. The lowest BCUT2D eigenvalue weighted by molar-refractivity contribution is 0.412. The van der Waals surface area contributed by atoms with Gasteiger partial charge in [-0.3, -0.25) is 0 Å². The van der Waals surface area contributed by atoms with Gasteiger partial charge >= 0.3 is 0 Å². The summed E-state index contributed by atoms with van der Waals surface area (Å²) in [7, 11) is 1.73. The molecule has 0 aliphatic carbocycles. The van der Waals surface area contributed by atoms with Crippen LogP contribution in [0.15, 0.2) is 18.2 Å². The molecule has 0 spiro atoms. The number of rotatable bonds is 1. The molecule has 1 heteroatoms. The van der Waals surface area contributed by atoms with E-state index in [1.165, 1.54) is 33.0 Å². The predicted octanol–water partition coefficient (Wildman–Crippen LogP) is 4.08. The van der Waals surface area contributed by atoms with Crippen molar-refractivity contribution < 1.29 is 4.74 Å². The van der Waals surface area contributed by atoms with Gasteiger partial charge in [0.25, 0.3) is 0 Å². The van der Waals surface area contributed by atoms with Crippen molar-refractivity contribution >= 4 is 10.8 Å². The van der Waals surface area contributed by atoms with Crippen LogP contribution >= 0.6 is 0 Å². The Bertz CT molecular complexity index is 553. The van der Waals surface area contributed by atoms with E-state index in [4.69, 9.17) is 4.74 Å². The van der Waals surface area contributed by atoms with E-state index >= 15 is 0 Å². The first-order valence-corrected chi connectivity index (χ1v) is 5.60. The van der Waals surface area contributed by atoms with Crippen LogP contribution in [0.5, 0.6) is 5.75 Å². The highest BCUT2D eigenvalue weighted by Crippen LogP contribution is 2.32. The molecule has 0 fully saturated rings. The van der Waals surface area contributed by atoms with Gasteiger partial charge in [0.15, 0.2) is 0 Å². The van der Waals surface area contributed by atoms with Gasteiger partial charge in [0.1, 0.15) is 5.75 Å². The molecule has 0 bridgehead atoms. The van der Waals surface area contributed by atoms with Crippen LogP contribution < -0.4 is 4.74 Å². The molecule has 2 aromatic carbocycles. The Kier molecular flexibility index (Phi) is 2.63. The average molecular weight is 214 g/mol. The van der Waals surface area contributed by atoms with Crippen molar-refractivity contribution in [3.8, 4) is 5.75 Å². The summed E-state index contributed by atoms with van der Waals surface area (Å²) in [6, 6.07) is 6.47. The van der Waals surface area contributed by atoms with Crippen molar-refractivity contribution in [2.45, 2.75) is 27.7 Å². The van der Waals surface area contributed by atoms with Gasteiger partial charge in [-0.1, -0.05) is 12.1 Å². The molecule has 0 saturated heterocycles. The van der Waals surface area contributed by atoms with Crippen LogP contribution in [0.25, 0.3) is 10.8 Å². The smallest absolute Gasteiger partial charge is 0.122 e. The SMILES string of the molecule is COc1cc2ccc(C)c(C)c2c(C)c1C. The molecule has 0 heterocycles. The molecule has 0 amide bonds. The van der Waals surface area contributed by atoms with Crippen LogP contribution in [0.1, 0.15) is 22.3 Å². The summed E-state index contributed by atoms with van der Waals surface area (Å²) in [5, 5.41) is 2.64. The fourth-order valence-corrected chi connectivity index (χ4v) is 2.29. The summed E-state index contributed by atoms with van der Waals surface area (Å²) in [5.74, 6) is 0.980. The van der Waals surface area contributed by atoms with Crippen LogP contribution in [-0.4, -0.2) is 7.11 Å². The first-order valence-electron chi connectivity index (χ1n) is 5.60. The number of aryl methyl sites for hydroxylation is 3. The highest BCUT2D eigenvalue weighted by atomic mass is 16.5. The van der Waals surface area contributed by atoms with E-state index in [0.717, 1.165) is 5.75 Å². The summed E-state index contributed by atoms with van der Waals surface area (Å²) < 4.78 is 5.40. The second-order valence-corrected chi connectivity index (χ2v) is 4.43. The second kappa shape index (κ2) is 3.82. The van der Waals surface area contributed by atoms with Crippen molar-refractivity contribution in [3.05, 3.63) is 40.5 Å². The molecule has 2 aromatic rings. The first-order chi connectivity index (χ1) is 7.56. The summed E-state index contributed by atoms with van der Waals surface area (Å²) in [6.45, 7) is 8.65. The van der Waals surface area contributed by atoms with E-state index in [-0.39, 0.29) is 0 Å². The van der Waals surface area contributed by atoms with E-state index in [1.807, 2.05) is 0 Å². The molecule has 0 aromatic heterocycles. The lowest BCUT2D eigenvalue weighted by Gasteiger charge is -2.14. The Balaban J connectivity index is 2.93. The molecular formula is C15H18O. The summed E-state index contributed by atoms with van der Waals surface area (Å²) >= 11 is 0. The first kappa shape index (κ1) is 11.0. The standard InChI is InChI=1S/C15H18O/c1-9-6-7-13-8-14(16-5)11(3)12(4)15(13)10(9)2/h6-8H,1-5H3. The largest absolute Gasteiger partial charge is 0.496 e. The minimum atomic E-state index is 0.980. The Morgan fingerprint density at radius 3 is 2.19 bits per heavy atom. The maximum Gasteiger partial charge on any atom is 0.122 e. The van der Waals surface area contributed by atoms with Crippen LogP contribution in [0.2, 0.25) is 0 Å². The fraction of sp³-hybridized carbons (Fsp3) is 0.333. The molecule has 84 valence electrons. The Morgan fingerprint density at radius 2 is 1.56 bits per heavy atom. The van der Waals surface area contributed by atoms with E-state index in [1.54, 1.807) is 7.11 Å². The summed E-state index contributed by atoms with van der Waals surface area (Å²) in [6.07, 6.45) is 0. The molecular weight excluding hydrogens is 196 g/mol. The predicted molar refractivity (Wildman–Crippen MR) is 69.4 cm³/mol. The van der Waals surface area contributed by atoms with Gasteiger partial charge in [0.2, 0.25) is 0 Å². The number of methoxy groups -OCH3 is 1. The highest BCUT2D eigenvalue weighted by Gasteiger charge is 2.09. The van der Waals surface area contributed by atoms with Gasteiger partial charge in [-0.15, -0.1) is 0 Å². The third-order valence-electron chi connectivity index (χ3n) is 3.58. The van der Waals surface area contributed by atoms with Crippen LogP contribution in [0.3, 0.4) is 0 Å². The lowest BCUT2D eigenvalue weighted by atomic mass is 9.94. The molecule has 0 N–H and O–H groups in total. The Labute approximate surface area is 97.1 Å². The fourth-order valence-electron chi connectivity index (χ4n) is 2.29. The van der Waals surface area contributed by atoms with Gasteiger partial charge in [-0.2, -0.15) is 0 Å². The molecule has 0 unspecified atom stereocenters. The van der Waals surface area contributed by atoms with Crippen LogP contribution in [0.4, 0.5) is 0 Å². The molecule has 1 nitrogen and oxygen atoms in total. The minimum absolute atomic E-state index is 0.980. The van der Waals surface area contributed by atoms with Crippen LogP contribution in [-0.2, 0) is 0 Å². The van der Waals surface area contributed by atoms with E-state index in [0.29, 0.717) is 0 Å². The topological polar surface area (TPSA) is 9.23 Å². The Morgan fingerprint density at radius 1 is 0.875 bits per heavy atom. The third kappa shape index (κ3) is 1.47. The quantitative estimate of drug-likeness (QED) is 0.695. The molecule has 0 atom stereocenters. The minimum Gasteiger partial charge on any atom is -0.496 e. The summed E-state index contributed by atoms with van der Waals surface area (Å²) in [5.41, 5.74) is 5.29. The molecule has 0 aliphatic heterocycles. The van der Waals surface area contributed by atoms with Crippen LogP contribution in [0, 0.1) is 27.7 Å². The van der Waals surface area contributed by atoms with E-state index in [2.05, 4.69) is 45.9 Å². The van der Waals surface area contributed by atoms with E-state index < -0.39 is 0 Å². The number of ether oxygens (including phenoxy) is 1. The van der Waals surface area contributed by atoms with Gasteiger partial charge in [0.05, 0.1) is 7.11 Å². The zero-order valence-electron chi connectivity index (χ0n) is 10.6. The maximum atomic E-state index is 5.40. The zero-order chi connectivity index (χ0) is 11.9. The normalized spacial score (nSPS) is 10.8. The lowest BCUT2D eigenvalue weighted by Crippen LogP contribution is -1.94.